The van der Waals surface area contributed by atoms with Crippen LogP contribution in [0.2, 0.25) is 0 Å². The molecule has 0 saturated heterocycles. The maximum absolute atomic E-state index is 10.2. The second-order valence-corrected chi connectivity index (χ2v) is 5.32. The summed E-state index contributed by atoms with van der Waals surface area (Å²) in [6, 6.07) is 5.54. The smallest absolute Gasteiger partial charge is 0.125 e. The molecule has 1 spiro atoms. The molecule has 2 aromatic rings. The second-order valence-electron chi connectivity index (χ2n) is 5.32. The molecule has 2 aliphatic rings. The molecule has 3 nitrogen and oxygen atoms in total. The van der Waals surface area contributed by atoms with Gasteiger partial charge in [-0.1, -0.05) is 18.9 Å². The number of benzene rings is 1. The number of aromatic hydroxyl groups is 1. The van der Waals surface area contributed by atoms with Crippen LogP contribution in [-0.2, 0) is 16.9 Å². The van der Waals surface area contributed by atoms with Crippen LogP contribution in [0.1, 0.15) is 36.8 Å². The van der Waals surface area contributed by atoms with E-state index < -0.39 is 0 Å². The molecule has 4 rings (SSSR count). The molecule has 1 aliphatic carbocycles. The van der Waals surface area contributed by atoms with E-state index in [0.717, 1.165) is 29.3 Å². The van der Waals surface area contributed by atoms with E-state index in [1.807, 2.05) is 18.3 Å². The molecule has 0 radical (unpaired) electrons. The van der Waals surface area contributed by atoms with Crippen molar-refractivity contribution < 1.29 is 9.84 Å². The topological polar surface area (TPSA) is 42.4 Å². The summed E-state index contributed by atoms with van der Waals surface area (Å²) in [6.07, 6.45) is 6.44. The number of pyridine rings is 1. The van der Waals surface area contributed by atoms with Crippen molar-refractivity contribution in [1.82, 2.24) is 4.98 Å². The Hall–Kier alpha value is -1.61. The summed E-state index contributed by atoms with van der Waals surface area (Å²) < 4.78 is 6.08. The first-order valence-corrected chi connectivity index (χ1v) is 6.54. The number of phenolic OH excluding ortho intramolecular Hbond substituents is 1. The van der Waals surface area contributed by atoms with Gasteiger partial charge in [-0.15, -0.1) is 0 Å². The Morgan fingerprint density at radius 2 is 2.06 bits per heavy atom. The zero-order valence-electron chi connectivity index (χ0n) is 10.1. The fourth-order valence-electron chi connectivity index (χ4n) is 3.52. The van der Waals surface area contributed by atoms with Gasteiger partial charge in [0.1, 0.15) is 5.75 Å². The second kappa shape index (κ2) is 3.45. The van der Waals surface area contributed by atoms with Gasteiger partial charge in [-0.05, 0) is 25.0 Å². The van der Waals surface area contributed by atoms with Crippen LogP contribution in [0, 0.1) is 0 Å². The summed E-state index contributed by atoms with van der Waals surface area (Å²) >= 11 is 0. The van der Waals surface area contributed by atoms with Crippen molar-refractivity contribution in [2.45, 2.75) is 37.9 Å². The Morgan fingerprint density at radius 3 is 2.89 bits per heavy atom. The summed E-state index contributed by atoms with van der Waals surface area (Å²) in [5.41, 5.74) is 3.05. The van der Waals surface area contributed by atoms with E-state index in [0.29, 0.717) is 12.4 Å². The molecule has 0 bridgehead atoms. The lowest BCUT2D eigenvalue weighted by molar-refractivity contribution is -0.0318. The van der Waals surface area contributed by atoms with Crippen LogP contribution < -0.4 is 0 Å². The minimum absolute atomic E-state index is 0.157. The molecule has 1 aromatic heterocycles. The molecular formula is C15H15NO2. The van der Waals surface area contributed by atoms with Crippen molar-refractivity contribution in [3.05, 3.63) is 35.5 Å². The number of ether oxygens (including phenoxy) is 1. The summed E-state index contributed by atoms with van der Waals surface area (Å²) in [4.78, 5) is 4.43. The van der Waals surface area contributed by atoms with E-state index in [1.54, 1.807) is 6.07 Å². The Labute approximate surface area is 105 Å². The number of hydrogen-bond donors (Lipinski definition) is 1. The van der Waals surface area contributed by atoms with E-state index in [4.69, 9.17) is 4.74 Å². The van der Waals surface area contributed by atoms with Crippen molar-refractivity contribution >= 4 is 10.9 Å². The fourth-order valence-corrected chi connectivity index (χ4v) is 3.52. The van der Waals surface area contributed by atoms with Crippen LogP contribution in [0.5, 0.6) is 5.75 Å². The van der Waals surface area contributed by atoms with Gasteiger partial charge in [-0.3, -0.25) is 4.98 Å². The third-order valence-corrected chi connectivity index (χ3v) is 4.32. The quantitative estimate of drug-likeness (QED) is 0.770. The minimum atomic E-state index is -0.157. The van der Waals surface area contributed by atoms with Crippen molar-refractivity contribution in [3.8, 4) is 5.75 Å². The van der Waals surface area contributed by atoms with Gasteiger partial charge in [-0.25, -0.2) is 0 Å². The van der Waals surface area contributed by atoms with Crippen LogP contribution in [0.25, 0.3) is 10.9 Å². The zero-order chi connectivity index (χ0) is 12.2. The van der Waals surface area contributed by atoms with Crippen LogP contribution in [0.4, 0.5) is 0 Å². The molecule has 1 aliphatic heterocycles. The highest BCUT2D eigenvalue weighted by Crippen LogP contribution is 2.51. The molecule has 1 N–H and O–H groups in total. The van der Waals surface area contributed by atoms with Crippen molar-refractivity contribution in [2.75, 3.05) is 0 Å². The van der Waals surface area contributed by atoms with E-state index >= 15 is 0 Å². The molecule has 0 unspecified atom stereocenters. The SMILES string of the molecule is Oc1cccc2ncc3c(c12)C1(CCCC1)OC3. The van der Waals surface area contributed by atoms with Gasteiger partial charge in [0.25, 0.3) is 0 Å². The fraction of sp³-hybridized carbons (Fsp3) is 0.400. The number of phenols is 1. The third kappa shape index (κ3) is 1.20. The average molecular weight is 241 g/mol. The average Bonchev–Trinajstić information content (AvgIpc) is 2.99. The third-order valence-electron chi connectivity index (χ3n) is 4.32. The van der Waals surface area contributed by atoms with E-state index in [1.165, 1.54) is 18.4 Å². The predicted molar refractivity (Wildman–Crippen MR) is 68.3 cm³/mol. The van der Waals surface area contributed by atoms with Crippen molar-refractivity contribution in [3.63, 3.8) is 0 Å². The standard InChI is InChI=1S/C15H15NO2/c17-12-5-3-4-11-13(12)14-10(8-16-11)9-18-15(14)6-1-2-7-15/h3-5,8,17H,1-2,6-7,9H2. The van der Waals surface area contributed by atoms with Crippen molar-refractivity contribution in [1.29, 1.82) is 0 Å². The number of nitrogens with zero attached hydrogens (tertiary/aromatic N) is 1. The molecule has 1 fully saturated rings. The van der Waals surface area contributed by atoms with Gasteiger partial charge in [0.15, 0.2) is 0 Å². The summed E-state index contributed by atoms with van der Waals surface area (Å²) in [6.45, 7) is 0.632. The Kier molecular flexibility index (Phi) is 1.98. The van der Waals surface area contributed by atoms with E-state index in [2.05, 4.69) is 4.98 Å². The summed E-state index contributed by atoms with van der Waals surface area (Å²) in [7, 11) is 0. The summed E-state index contributed by atoms with van der Waals surface area (Å²) in [5, 5.41) is 11.1. The highest BCUT2D eigenvalue weighted by atomic mass is 16.5. The van der Waals surface area contributed by atoms with Crippen LogP contribution in [-0.4, -0.2) is 10.1 Å². The maximum atomic E-state index is 10.2. The van der Waals surface area contributed by atoms with E-state index in [-0.39, 0.29) is 5.60 Å². The van der Waals surface area contributed by atoms with Crippen LogP contribution in [0.3, 0.4) is 0 Å². The van der Waals surface area contributed by atoms with E-state index in [9.17, 15) is 5.11 Å². The lowest BCUT2D eigenvalue weighted by Gasteiger charge is -2.25. The lowest BCUT2D eigenvalue weighted by Crippen LogP contribution is -2.20. The monoisotopic (exact) mass is 241 g/mol. The molecule has 3 heteroatoms. The lowest BCUT2D eigenvalue weighted by atomic mass is 9.88. The van der Waals surface area contributed by atoms with Gasteiger partial charge in [0, 0.05) is 22.7 Å². The van der Waals surface area contributed by atoms with Crippen LogP contribution in [0.15, 0.2) is 24.4 Å². The molecule has 92 valence electrons. The zero-order valence-corrected chi connectivity index (χ0v) is 10.1. The molecular weight excluding hydrogens is 226 g/mol. The van der Waals surface area contributed by atoms with Gasteiger partial charge in [0.05, 0.1) is 17.7 Å². The first kappa shape index (κ1) is 10.3. The highest BCUT2D eigenvalue weighted by Gasteiger charge is 2.44. The number of hydrogen-bond acceptors (Lipinski definition) is 3. The van der Waals surface area contributed by atoms with Gasteiger partial charge in [0.2, 0.25) is 0 Å². The maximum Gasteiger partial charge on any atom is 0.125 e. The normalized spacial score (nSPS) is 20.7. The first-order chi connectivity index (χ1) is 8.80. The Morgan fingerprint density at radius 1 is 1.22 bits per heavy atom. The minimum Gasteiger partial charge on any atom is -0.507 e. The molecule has 18 heavy (non-hydrogen) atoms. The molecule has 0 amide bonds. The van der Waals surface area contributed by atoms with Gasteiger partial charge in [-0.2, -0.15) is 0 Å². The molecule has 2 heterocycles. The molecule has 0 atom stereocenters. The first-order valence-electron chi connectivity index (χ1n) is 6.54. The van der Waals surface area contributed by atoms with Gasteiger partial charge < -0.3 is 9.84 Å². The number of rotatable bonds is 0. The highest BCUT2D eigenvalue weighted by molar-refractivity contribution is 5.90. The Balaban J connectivity index is 2.09. The number of fused-ring (bicyclic) bond motifs is 4. The number of aromatic nitrogens is 1. The largest absolute Gasteiger partial charge is 0.507 e. The Bertz CT molecular complexity index is 630. The molecule has 1 aromatic carbocycles. The van der Waals surface area contributed by atoms with Crippen molar-refractivity contribution in [2.24, 2.45) is 0 Å². The molecule has 1 saturated carbocycles. The van der Waals surface area contributed by atoms with Crippen LogP contribution >= 0.6 is 0 Å². The van der Waals surface area contributed by atoms with Gasteiger partial charge >= 0.3 is 0 Å². The predicted octanol–water partition coefficient (Wildman–Crippen LogP) is 3.24. The summed E-state index contributed by atoms with van der Waals surface area (Å²) in [5.74, 6) is 0.327.